The van der Waals surface area contributed by atoms with Gasteiger partial charge in [-0.15, -0.1) is 11.3 Å². The molecule has 0 fully saturated rings. The first-order chi connectivity index (χ1) is 6.18. The summed E-state index contributed by atoms with van der Waals surface area (Å²) in [5, 5.41) is 14.2. The van der Waals surface area contributed by atoms with Crippen molar-refractivity contribution in [2.24, 2.45) is 0 Å². The second kappa shape index (κ2) is 4.94. The number of nitrogens with one attached hydrogen (secondary N) is 1. The molecule has 0 aliphatic rings. The van der Waals surface area contributed by atoms with Gasteiger partial charge in [0.15, 0.2) is 0 Å². The predicted octanol–water partition coefficient (Wildman–Crippen LogP) is 0.748. The number of hydrogen-bond donors (Lipinski definition) is 2. The lowest BCUT2D eigenvalue weighted by Gasteiger charge is -2.09. The Morgan fingerprint density at radius 2 is 2.62 bits per heavy atom. The minimum atomic E-state index is -0.828. The van der Waals surface area contributed by atoms with Gasteiger partial charge in [0.2, 0.25) is 0 Å². The molecule has 0 bridgehead atoms. The van der Waals surface area contributed by atoms with Crippen LogP contribution in [0.3, 0.4) is 0 Å². The molecule has 0 aliphatic heterocycles. The number of carboxylic acids is 1. The molecule has 1 aromatic heterocycles. The summed E-state index contributed by atoms with van der Waals surface area (Å²) < 4.78 is 0. The van der Waals surface area contributed by atoms with Crippen molar-refractivity contribution >= 4 is 17.3 Å². The Bertz CT molecular complexity index is 261. The Kier molecular flexibility index (Phi) is 3.85. The van der Waals surface area contributed by atoms with E-state index < -0.39 is 5.97 Å². The molecule has 0 aromatic carbocycles. The summed E-state index contributed by atoms with van der Waals surface area (Å²) in [6.07, 6.45) is 2.54. The molecule has 0 radical (unpaired) electrons. The van der Waals surface area contributed by atoms with E-state index in [0.29, 0.717) is 0 Å². The molecule has 0 aliphatic carbocycles. The maximum Gasteiger partial charge on any atom is 0.317 e. The zero-order chi connectivity index (χ0) is 9.68. The molecule has 1 unspecified atom stereocenters. The number of hydrogen-bond acceptors (Lipinski definition) is 4. The lowest BCUT2D eigenvalue weighted by molar-refractivity contribution is -0.136. The van der Waals surface area contributed by atoms with Gasteiger partial charge < -0.3 is 10.4 Å². The van der Waals surface area contributed by atoms with Crippen LogP contribution in [0, 0.1) is 0 Å². The molecule has 72 valence electrons. The minimum Gasteiger partial charge on any atom is -0.480 e. The maximum absolute atomic E-state index is 10.2. The van der Waals surface area contributed by atoms with Crippen molar-refractivity contribution in [2.45, 2.75) is 19.4 Å². The van der Waals surface area contributed by atoms with Crippen molar-refractivity contribution in [1.82, 2.24) is 10.3 Å². The zero-order valence-corrected chi connectivity index (χ0v) is 8.17. The molecule has 0 saturated carbocycles. The van der Waals surface area contributed by atoms with Crippen LogP contribution in [0.25, 0.3) is 0 Å². The highest BCUT2D eigenvalue weighted by atomic mass is 32.1. The third-order valence-electron chi connectivity index (χ3n) is 1.57. The SMILES string of the molecule is CC(Cc1nccs1)NCC(=O)O. The van der Waals surface area contributed by atoms with E-state index in [1.807, 2.05) is 12.3 Å². The van der Waals surface area contributed by atoms with Gasteiger partial charge in [0.1, 0.15) is 0 Å². The van der Waals surface area contributed by atoms with E-state index in [9.17, 15) is 4.79 Å². The zero-order valence-electron chi connectivity index (χ0n) is 7.36. The molecule has 1 heterocycles. The summed E-state index contributed by atoms with van der Waals surface area (Å²) in [7, 11) is 0. The Hall–Kier alpha value is -0.940. The fourth-order valence-electron chi connectivity index (χ4n) is 0.949. The molecule has 1 aromatic rings. The van der Waals surface area contributed by atoms with Gasteiger partial charge in [-0.1, -0.05) is 0 Å². The fraction of sp³-hybridized carbons (Fsp3) is 0.500. The van der Waals surface area contributed by atoms with Crippen LogP contribution in [0.1, 0.15) is 11.9 Å². The Morgan fingerprint density at radius 1 is 1.85 bits per heavy atom. The van der Waals surface area contributed by atoms with Crippen LogP contribution >= 0.6 is 11.3 Å². The van der Waals surface area contributed by atoms with E-state index >= 15 is 0 Å². The maximum atomic E-state index is 10.2. The highest BCUT2D eigenvalue weighted by Gasteiger charge is 2.06. The van der Waals surface area contributed by atoms with Crippen LogP contribution in [0.5, 0.6) is 0 Å². The van der Waals surface area contributed by atoms with Crippen LogP contribution in [-0.4, -0.2) is 28.6 Å². The molecule has 2 N–H and O–H groups in total. The fourth-order valence-corrected chi connectivity index (χ4v) is 1.70. The van der Waals surface area contributed by atoms with Gasteiger partial charge in [-0.3, -0.25) is 4.79 Å². The van der Waals surface area contributed by atoms with E-state index in [0.717, 1.165) is 11.4 Å². The monoisotopic (exact) mass is 200 g/mol. The second-order valence-corrected chi connectivity index (χ2v) is 3.78. The smallest absolute Gasteiger partial charge is 0.317 e. The molecule has 0 saturated heterocycles. The minimum absolute atomic E-state index is 0.00649. The predicted molar refractivity (Wildman–Crippen MR) is 50.9 cm³/mol. The van der Waals surface area contributed by atoms with Crippen LogP contribution in [0.4, 0.5) is 0 Å². The summed E-state index contributed by atoms with van der Waals surface area (Å²) in [6.45, 7) is 1.96. The average molecular weight is 200 g/mol. The van der Waals surface area contributed by atoms with Gasteiger partial charge in [-0.2, -0.15) is 0 Å². The Labute approximate surface area is 80.6 Å². The molecular formula is C8H12N2O2S. The van der Waals surface area contributed by atoms with Crippen molar-refractivity contribution in [3.63, 3.8) is 0 Å². The highest BCUT2D eigenvalue weighted by molar-refractivity contribution is 7.09. The van der Waals surface area contributed by atoms with E-state index in [-0.39, 0.29) is 12.6 Å². The van der Waals surface area contributed by atoms with E-state index in [1.54, 1.807) is 17.5 Å². The lowest BCUT2D eigenvalue weighted by Crippen LogP contribution is -2.32. The Balaban J connectivity index is 2.25. The highest BCUT2D eigenvalue weighted by Crippen LogP contribution is 2.06. The van der Waals surface area contributed by atoms with Gasteiger partial charge in [0, 0.05) is 24.0 Å². The first-order valence-corrected chi connectivity index (χ1v) is 4.90. The van der Waals surface area contributed by atoms with Crippen molar-refractivity contribution in [2.75, 3.05) is 6.54 Å². The Morgan fingerprint density at radius 3 is 3.15 bits per heavy atom. The van der Waals surface area contributed by atoms with Crippen molar-refractivity contribution in [1.29, 1.82) is 0 Å². The van der Waals surface area contributed by atoms with Crippen molar-refractivity contribution in [3.05, 3.63) is 16.6 Å². The van der Waals surface area contributed by atoms with Gasteiger partial charge in [0.25, 0.3) is 0 Å². The summed E-state index contributed by atoms with van der Waals surface area (Å²) in [5.74, 6) is -0.828. The third kappa shape index (κ3) is 4.00. The molecule has 4 nitrogen and oxygen atoms in total. The molecule has 1 rings (SSSR count). The number of rotatable bonds is 5. The van der Waals surface area contributed by atoms with Crippen LogP contribution in [0.2, 0.25) is 0 Å². The molecule has 13 heavy (non-hydrogen) atoms. The average Bonchev–Trinajstić information content (AvgIpc) is 2.53. The standard InChI is InChI=1S/C8H12N2O2S/c1-6(10-5-8(11)12)4-7-9-2-3-13-7/h2-3,6,10H,4-5H2,1H3,(H,11,12). The number of carboxylic acid groups (broad SMARTS) is 1. The lowest BCUT2D eigenvalue weighted by atomic mass is 10.2. The summed E-state index contributed by atoms with van der Waals surface area (Å²) in [4.78, 5) is 14.3. The second-order valence-electron chi connectivity index (χ2n) is 2.81. The van der Waals surface area contributed by atoms with Gasteiger partial charge in [0.05, 0.1) is 11.6 Å². The quantitative estimate of drug-likeness (QED) is 0.736. The molecular weight excluding hydrogens is 188 g/mol. The summed E-state index contributed by atoms with van der Waals surface area (Å²) >= 11 is 1.59. The number of nitrogens with zero attached hydrogens (tertiary/aromatic N) is 1. The van der Waals surface area contributed by atoms with E-state index in [1.165, 1.54) is 0 Å². The summed E-state index contributed by atoms with van der Waals surface area (Å²) in [6, 6.07) is 0.155. The largest absolute Gasteiger partial charge is 0.480 e. The number of aliphatic carboxylic acids is 1. The van der Waals surface area contributed by atoms with Crippen LogP contribution < -0.4 is 5.32 Å². The van der Waals surface area contributed by atoms with Gasteiger partial charge in [-0.25, -0.2) is 4.98 Å². The molecule has 0 amide bonds. The normalized spacial score (nSPS) is 12.7. The third-order valence-corrected chi connectivity index (χ3v) is 2.37. The van der Waals surface area contributed by atoms with Gasteiger partial charge in [-0.05, 0) is 6.92 Å². The topological polar surface area (TPSA) is 62.2 Å². The molecule has 1 atom stereocenters. The van der Waals surface area contributed by atoms with Crippen molar-refractivity contribution < 1.29 is 9.90 Å². The van der Waals surface area contributed by atoms with Crippen LogP contribution in [-0.2, 0) is 11.2 Å². The number of thiazole rings is 1. The molecule has 5 heteroatoms. The molecule has 0 spiro atoms. The van der Waals surface area contributed by atoms with Gasteiger partial charge >= 0.3 is 5.97 Å². The van der Waals surface area contributed by atoms with E-state index in [2.05, 4.69) is 10.3 Å². The van der Waals surface area contributed by atoms with Crippen molar-refractivity contribution in [3.8, 4) is 0 Å². The van der Waals surface area contributed by atoms with E-state index in [4.69, 9.17) is 5.11 Å². The summed E-state index contributed by atoms with van der Waals surface area (Å²) in [5.41, 5.74) is 0. The first-order valence-electron chi connectivity index (χ1n) is 4.02. The number of aromatic nitrogens is 1. The number of carbonyl (C=O) groups is 1. The van der Waals surface area contributed by atoms with Crippen LogP contribution in [0.15, 0.2) is 11.6 Å². The first kappa shape index (κ1) is 10.1.